The van der Waals surface area contributed by atoms with Gasteiger partial charge in [-0.15, -0.1) is 0 Å². The molecule has 0 bridgehead atoms. The van der Waals surface area contributed by atoms with E-state index in [1.165, 1.54) is 0 Å². The van der Waals surface area contributed by atoms with Gasteiger partial charge in [-0.05, 0) is 31.0 Å². The summed E-state index contributed by atoms with van der Waals surface area (Å²) in [6.07, 6.45) is 2.01. The van der Waals surface area contributed by atoms with Crippen LogP contribution in [0.4, 0.5) is 0 Å². The summed E-state index contributed by atoms with van der Waals surface area (Å²) in [4.78, 5) is 23.0. The smallest absolute Gasteiger partial charge is 0.344 e. The van der Waals surface area contributed by atoms with Crippen LogP contribution in [0.15, 0.2) is 24.3 Å². The van der Waals surface area contributed by atoms with E-state index in [1.54, 1.807) is 24.3 Å². The van der Waals surface area contributed by atoms with Gasteiger partial charge in [0.15, 0.2) is 13.2 Å². The molecule has 1 saturated heterocycles. The Hall–Kier alpha value is -1.79. The minimum absolute atomic E-state index is 0.0609. The normalized spacial score (nSPS) is 17.0. The van der Waals surface area contributed by atoms with Gasteiger partial charge in [0.25, 0.3) is 5.91 Å². The Bertz CT molecular complexity index is 516. The van der Waals surface area contributed by atoms with Crippen molar-refractivity contribution in [2.45, 2.75) is 18.9 Å². The number of hydrogen-bond donors (Lipinski definition) is 1. The van der Waals surface area contributed by atoms with E-state index in [2.05, 4.69) is 5.32 Å². The second-order valence-electron chi connectivity index (χ2n) is 4.85. The molecule has 1 fully saturated rings. The van der Waals surface area contributed by atoms with Crippen molar-refractivity contribution in [3.63, 3.8) is 0 Å². The maximum atomic E-state index is 11.5. The van der Waals surface area contributed by atoms with Gasteiger partial charge < -0.3 is 19.5 Å². The second-order valence-corrected chi connectivity index (χ2v) is 5.28. The third-order valence-corrected chi connectivity index (χ3v) is 3.30. The molecule has 1 aromatic rings. The molecule has 0 aliphatic carbocycles. The molecule has 1 aromatic carbocycles. The maximum absolute atomic E-state index is 11.5. The van der Waals surface area contributed by atoms with Crippen molar-refractivity contribution in [2.75, 3.05) is 26.4 Å². The molecule has 0 saturated carbocycles. The predicted molar refractivity (Wildman–Crippen MR) is 79.9 cm³/mol. The summed E-state index contributed by atoms with van der Waals surface area (Å²) in [5.74, 6) is -0.508. The molecule has 1 aliphatic heterocycles. The van der Waals surface area contributed by atoms with Gasteiger partial charge in [-0.2, -0.15) is 0 Å². The number of carbonyl (C=O) groups is 2. The number of nitrogens with one attached hydrogen (secondary N) is 1. The number of ether oxygens (including phenoxy) is 3. The highest BCUT2D eigenvalue weighted by Gasteiger charge is 2.16. The highest BCUT2D eigenvalue weighted by atomic mass is 35.5. The molecule has 0 radical (unpaired) electrons. The zero-order valence-electron chi connectivity index (χ0n) is 12.0. The lowest BCUT2D eigenvalue weighted by Crippen LogP contribution is -2.35. The van der Waals surface area contributed by atoms with Gasteiger partial charge >= 0.3 is 5.97 Å². The van der Waals surface area contributed by atoms with Crippen molar-refractivity contribution in [3.8, 4) is 5.75 Å². The molecule has 0 aromatic heterocycles. The summed E-state index contributed by atoms with van der Waals surface area (Å²) in [6.45, 7) is 0.565. The molecule has 2 rings (SSSR count). The van der Waals surface area contributed by atoms with Crippen molar-refractivity contribution >= 4 is 23.5 Å². The summed E-state index contributed by atoms with van der Waals surface area (Å²) >= 11 is 5.79. The molecular formula is C15H18ClNO5. The van der Waals surface area contributed by atoms with Crippen LogP contribution in [0.25, 0.3) is 0 Å². The van der Waals surface area contributed by atoms with Gasteiger partial charge in [-0.25, -0.2) is 4.79 Å². The number of esters is 1. The zero-order chi connectivity index (χ0) is 15.8. The Labute approximate surface area is 133 Å². The summed E-state index contributed by atoms with van der Waals surface area (Å²) in [6, 6.07) is 6.67. The van der Waals surface area contributed by atoms with Crippen LogP contribution in [0.2, 0.25) is 5.02 Å². The first-order valence-electron chi connectivity index (χ1n) is 7.06. The average molecular weight is 328 g/mol. The molecule has 1 amide bonds. The van der Waals surface area contributed by atoms with E-state index in [4.69, 9.17) is 25.8 Å². The molecule has 1 N–H and O–H groups in total. The fourth-order valence-electron chi connectivity index (χ4n) is 1.97. The largest absolute Gasteiger partial charge is 0.482 e. The number of halogens is 1. The van der Waals surface area contributed by atoms with Crippen LogP contribution in [0.1, 0.15) is 12.8 Å². The van der Waals surface area contributed by atoms with Crippen LogP contribution >= 0.6 is 11.6 Å². The first-order chi connectivity index (χ1) is 10.6. The lowest BCUT2D eigenvalue weighted by atomic mass is 10.2. The third-order valence-electron chi connectivity index (χ3n) is 3.07. The molecule has 22 heavy (non-hydrogen) atoms. The minimum atomic E-state index is -0.618. The average Bonchev–Trinajstić information content (AvgIpc) is 3.02. The van der Waals surface area contributed by atoms with Crippen molar-refractivity contribution in [2.24, 2.45) is 0 Å². The summed E-state index contributed by atoms with van der Waals surface area (Å²) in [7, 11) is 0. The van der Waals surface area contributed by atoms with Crippen molar-refractivity contribution in [1.82, 2.24) is 5.32 Å². The van der Waals surface area contributed by atoms with Gasteiger partial charge in [0, 0.05) is 18.2 Å². The Morgan fingerprint density at radius 2 is 2.23 bits per heavy atom. The number of amides is 1. The number of hydrogen-bond acceptors (Lipinski definition) is 5. The Morgan fingerprint density at radius 1 is 1.36 bits per heavy atom. The summed E-state index contributed by atoms with van der Waals surface area (Å²) in [5.41, 5.74) is 0. The maximum Gasteiger partial charge on any atom is 0.344 e. The van der Waals surface area contributed by atoms with Crippen LogP contribution in [-0.4, -0.2) is 44.3 Å². The van der Waals surface area contributed by atoms with E-state index >= 15 is 0 Å². The van der Waals surface area contributed by atoms with E-state index in [0.29, 0.717) is 17.3 Å². The first-order valence-corrected chi connectivity index (χ1v) is 7.43. The molecule has 1 aliphatic rings. The van der Waals surface area contributed by atoms with Crippen LogP contribution in [0, 0.1) is 0 Å². The summed E-state index contributed by atoms with van der Waals surface area (Å²) < 4.78 is 15.4. The third kappa shape index (κ3) is 5.91. The number of benzene rings is 1. The monoisotopic (exact) mass is 327 g/mol. The quantitative estimate of drug-likeness (QED) is 0.769. The van der Waals surface area contributed by atoms with Gasteiger partial charge in [0.2, 0.25) is 0 Å². The van der Waals surface area contributed by atoms with Crippen molar-refractivity contribution in [3.05, 3.63) is 29.3 Å². The van der Waals surface area contributed by atoms with Crippen molar-refractivity contribution < 1.29 is 23.8 Å². The predicted octanol–water partition coefficient (Wildman–Crippen LogP) is 1.56. The molecule has 1 heterocycles. The van der Waals surface area contributed by atoms with Gasteiger partial charge in [-0.3, -0.25) is 4.79 Å². The van der Waals surface area contributed by atoms with Gasteiger partial charge in [0.05, 0.1) is 6.10 Å². The Morgan fingerprint density at radius 3 is 2.95 bits per heavy atom. The van der Waals surface area contributed by atoms with Crippen LogP contribution < -0.4 is 10.1 Å². The van der Waals surface area contributed by atoms with Crippen LogP contribution in [-0.2, 0) is 19.1 Å². The molecule has 0 unspecified atom stereocenters. The van der Waals surface area contributed by atoms with Gasteiger partial charge in [0.1, 0.15) is 5.75 Å². The van der Waals surface area contributed by atoms with Gasteiger partial charge in [-0.1, -0.05) is 17.7 Å². The topological polar surface area (TPSA) is 73.9 Å². The fourth-order valence-corrected chi connectivity index (χ4v) is 2.15. The van der Waals surface area contributed by atoms with Crippen LogP contribution in [0.3, 0.4) is 0 Å². The summed E-state index contributed by atoms with van der Waals surface area (Å²) in [5, 5.41) is 3.18. The molecule has 6 nitrogen and oxygen atoms in total. The Kier molecular flexibility index (Phi) is 6.48. The highest BCUT2D eigenvalue weighted by Crippen LogP contribution is 2.16. The van der Waals surface area contributed by atoms with E-state index in [0.717, 1.165) is 19.4 Å². The molecule has 120 valence electrons. The first kappa shape index (κ1) is 16.6. The number of carbonyl (C=O) groups excluding carboxylic acids is 2. The molecule has 0 spiro atoms. The lowest BCUT2D eigenvalue weighted by molar-refractivity contribution is -0.150. The minimum Gasteiger partial charge on any atom is -0.482 e. The molecule has 7 heteroatoms. The molecule has 1 atom stereocenters. The zero-order valence-corrected chi connectivity index (χ0v) is 12.8. The van der Waals surface area contributed by atoms with E-state index in [9.17, 15) is 9.59 Å². The van der Waals surface area contributed by atoms with E-state index in [-0.39, 0.29) is 25.2 Å². The van der Waals surface area contributed by atoms with Crippen LogP contribution in [0.5, 0.6) is 5.75 Å². The lowest BCUT2D eigenvalue weighted by Gasteiger charge is -2.11. The van der Waals surface area contributed by atoms with E-state index in [1.807, 2.05) is 0 Å². The SMILES string of the molecule is O=C(COC(=O)COc1cccc(Cl)c1)NC[C@@H]1CCCO1. The standard InChI is InChI=1S/C15H18ClNO5/c16-11-3-1-4-12(7-11)21-10-15(19)22-9-14(18)17-8-13-5-2-6-20-13/h1,3-4,7,13H,2,5-6,8-10H2,(H,17,18)/t13-/m0/s1. The van der Waals surface area contributed by atoms with Crippen molar-refractivity contribution in [1.29, 1.82) is 0 Å². The molecular weight excluding hydrogens is 310 g/mol. The highest BCUT2D eigenvalue weighted by molar-refractivity contribution is 6.30. The Balaban J connectivity index is 1.59. The number of rotatable bonds is 7. The van der Waals surface area contributed by atoms with E-state index < -0.39 is 5.97 Å². The fraction of sp³-hybridized carbons (Fsp3) is 0.467. The second kappa shape index (κ2) is 8.60.